The second kappa shape index (κ2) is 9.10. The van der Waals surface area contributed by atoms with Gasteiger partial charge in [-0.3, -0.25) is 4.79 Å². The SMILES string of the molecule is CCCSc1ccccc1C(=O)N1CCC(Cc2ccccc2)CC1. The van der Waals surface area contributed by atoms with E-state index in [2.05, 4.69) is 43.3 Å². The third-order valence-corrected chi connectivity index (χ3v) is 6.13. The summed E-state index contributed by atoms with van der Waals surface area (Å²) in [5, 5.41) is 0. The zero-order valence-electron chi connectivity index (χ0n) is 15.0. The lowest BCUT2D eigenvalue weighted by Gasteiger charge is -2.32. The Hall–Kier alpha value is -1.74. The molecule has 0 bridgehead atoms. The van der Waals surface area contributed by atoms with Crippen LogP contribution in [0.5, 0.6) is 0 Å². The molecule has 1 aliphatic rings. The second-order valence-electron chi connectivity index (χ2n) is 6.77. The summed E-state index contributed by atoms with van der Waals surface area (Å²) in [5.41, 5.74) is 2.29. The van der Waals surface area contributed by atoms with Gasteiger partial charge >= 0.3 is 0 Å². The molecule has 0 N–H and O–H groups in total. The summed E-state index contributed by atoms with van der Waals surface area (Å²) < 4.78 is 0. The number of carbonyl (C=O) groups excluding carboxylic acids is 1. The van der Waals surface area contributed by atoms with Gasteiger partial charge in [0, 0.05) is 18.0 Å². The number of piperidine rings is 1. The molecule has 1 saturated heterocycles. The van der Waals surface area contributed by atoms with E-state index >= 15 is 0 Å². The van der Waals surface area contributed by atoms with E-state index in [4.69, 9.17) is 0 Å². The van der Waals surface area contributed by atoms with Gasteiger partial charge < -0.3 is 4.90 Å². The van der Waals surface area contributed by atoms with Gasteiger partial charge in [-0.25, -0.2) is 0 Å². The number of rotatable bonds is 6. The number of amides is 1. The summed E-state index contributed by atoms with van der Waals surface area (Å²) >= 11 is 1.79. The highest BCUT2D eigenvalue weighted by molar-refractivity contribution is 7.99. The molecule has 132 valence electrons. The van der Waals surface area contributed by atoms with Crippen LogP contribution in [0.3, 0.4) is 0 Å². The minimum atomic E-state index is 0.206. The topological polar surface area (TPSA) is 20.3 Å². The van der Waals surface area contributed by atoms with Crippen LogP contribution in [-0.2, 0) is 6.42 Å². The molecular formula is C22H27NOS. The molecular weight excluding hydrogens is 326 g/mol. The summed E-state index contributed by atoms with van der Waals surface area (Å²) in [6, 6.07) is 18.8. The number of nitrogens with zero attached hydrogens (tertiary/aromatic N) is 1. The molecule has 0 spiro atoms. The molecule has 3 heteroatoms. The Bertz CT molecular complexity index is 677. The lowest BCUT2D eigenvalue weighted by Crippen LogP contribution is -2.39. The van der Waals surface area contributed by atoms with Crippen molar-refractivity contribution in [3.63, 3.8) is 0 Å². The van der Waals surface area contributed by atoms with Crippen molar-refractivity contribution >= 4 is 17.7 Å². The fraction of sp³-hybridized carbons (Fsp3) is 0.409. The number of hydrogen-bond acceptors (Lipinski definition) is 2. The molecule has 0 atom stereocenters. The number of benzene rings is 2. The summed E-state index contributed by atoms with van der Waals surface area (Å²) in [5.74, 6) is 1.96. The van der Waals surface area contributed by atoms with Crippen molar-refractivity contribution < 1.29 is 4.79 Å². The van der Waals surface area contributed by atoms with Gasteiger partial charge in [-0.05, 0) is 55.1 Å². The fourth-order valence-electron chi connectivity index (χ4n) is 3.44. The van der Waals surface area contributed by atoms with E-state index in [1.54, 1.807) is 11.8 Å². The zero-order chi connectivity index (χ0) is 17.5. The predicted molar refractivity (Wildman–Crippen MR) is 106 cm³/mol. The number of carbonyl (C=O) groups is 1. The van der Waals surface area contributed by atoms with Crippen LogP contribution in [0.1, 0.15) is 42.1 Å². The first-order valence-corrected chi connectivity index (χ1v) is 10.3. The van der Waals surface area contributed by atoms with Crippen LogP contribution in [0, 0.1) is 5.92 Å². The summed E-state index contributed by atoms with van der Waals surface area (Å²) in [6.07, 6.45) is 4.46. The van der Waals surface area contributed by atoms with Crippen molar-refractivity contribution in [1.82, 2.24) is 4.90 Å². The zero-order valence-corrected chi connectivity index (χ0v) is 15.8. The van der Waals surface area contributed by atoms with Gasteiger partial charge in [-0.1, -0.05) is 49.4 Å². The average molecular weight is 354 g/mol. The maximum Gasteiger partial charge on any atom is 0.254 e. The summed E-state index contributed by atoms with van der Waals surface area (Å²) in [7, 11) is 0. The largest absolute Gasteiger partial charge is 0.339 e. The Morgan fingerprint density at radius 1 is 1.04 bits per heavy atom. The van der Waals surface area contributed by atoms with Crippen molar-refractivity contribution in [3.05, 3.63) is 65.7 Å². The fourth-order valence-corrected chi connectivity index (χ4v) is 4.35. The highest BCUT2D eigenvalue weighted by Crippen LogP contribution is 2.27. The standard InChI is InChI=1S/C22H27NOS/c1-2-16-25-21-11-7-6-10-20(21)22(24)23-14-12-19(13-15-23)17-18-8-4-3-5-9-18/h3-11,19H,2,12-17H2,1H3. The van der Waals surface area contributed by atoms with Gasteiger partial charge in [0.05, 0.1) is 5.56 Å². The van der Waals surface area contributed by atoms with Gasteiger partial charge in [0.1, 0.15) is 0 Å². The Labute approximate surface area is 155 Å². The van der Waals surface area contributed by atoms with Crippen molar-refractivity contribution in [3.8, 4) is 0 Å². The number of hydrogen-bond donors (Lipinski definition) is 0. The molecule has 1 heterocycles. The Kier molecular flexibility index (Phi) is 6.57. The molecule has 0 saturated carbocycles. The van der Waals surface area contributed by atoms with Crippen molar-refractivity contribution in [2.45, 2.75) is 37.5 Å². The minimum absolute atomic E-state index is 0.206. The Morgan fingerprint density at radius 2 is 1.72 bits per heavy atom. The lowest BCUT2D eigenvalue weighted by molar-refractivity contribution is 0.0687. The van der Waals surface area contributed by atoms with E-state index in [1.807, 2.05) is 23.1 Å². The number of likely N-dealkylation sites (tertiary alicyclic amines) is 1. The molecule has 0 radical (unpaired) electrons. The van der Waals surface area contributed by atoms with Crippen LogP contribution in [-0.4, -0.2) is 29.6 Å². The first-order chi connectivity index (χ1) is 12.3. The van der Waals surface area contributed by atoms with Gasteiger partial charge in [-0.2, -0.15) is 0 Å². The molecule has 1 fully saturated rings. The first-order valence-electron chi connectivity index (χ1n) is 9.33. The van der Waals surface area contributed by atoms with Crippen molar-refractivity contribution in [2.75, 3.05) is 18.8 Å². The number of thioether (sulfide) groups is 1. The maximum absolute atomic E-state index is 13.0. The highest BCUT2D eigenvalue weighted by Gasteiger charge is 2.25. The third-order valence-electron chi connectivity index (χ3n) is 4.85. The third kappa shape index (κ3) is 4.88. The van der Waals surface area contributed by atoms with Crippen LogP contribution >= 0.6 is 11.8 Å². The summed E-state index contributed by atoms with van der Waals surface area (Å²) in [6.45, 7) is 3.93. The molecule has 2 aromatic carbocycles. The molecule has 0 aromatic heterocycles. The molecule has 3 rings (SSSR count). The second-order valence-corrected chi connectivity index (χ2v) is 7.91. The predicted octanol–water partition coefficient (Wildman–Crippen LogP) is 5.28. The molecule has 1 amide bonds. The Balaban J connectivity index is 1.58. The van der Waals surface area contributed by atoms with E-state index in [-0.39, 0.29) is 5.91 Å². The van der Waals surface area contributed by atoms with Gasteiger partial charge in [-0.15, -0.1) is 11.8 Å². The smallest absolute Gasteiger partial charge is 0.254 e. The first kappa shape index (κ1) is 18.1. The van der Waals surface area contributed by atoms with E-state index in [0.29, 0.717) is 5.92 Å². The Morgan fingerprint density at radius 3 is 2.44 bits per heavy atom. The average Bonchev–Trinajstić information content (AvgIpc) is 2.67. The van der Waals surface area contributed by atoms with E-state index in [1.165, 1.54) is 5.56 Å². The van der Waals surface area contributed by atoms with Gasteiger partial charge in [0.15, 0.2) is 0 Å². The van der Waals surface area contributed by atoms with Crippen molar-refractivity contribution in [2.24, 2.45) is 5.92 Å². The van der Waals surface area contributed by atoms with E-state index in [0.717, 1.165) is 55.0 Å². The lowest BCUT2D eigenvalue weighted by atomic mass is 9.90. The quantitative estimate of drug-likeness (QED) is 0.658. The molecule has 2 nitrogen and oxygen atoms in total. The summed E-state index contributed by atoms with van der Waals surface area (Å²) in [4.78, 5) is 16.1. The van der Waals surface area contributed by atoms with E-state index < -0.39 is 0 Å². The molecule has 0 aliphatic carbocycles. The van der Waals surface area contributed by atoms with E-state index in [9.17, 15) is 4.79 Å². The maximum atomic E-state index is 13.0. The van der Waals surface area contributed by atoms with Crippen LogP contribution in [0.25, 0.3) is 0 Å². The van der Waals surface area contributed by atoms with Crippen LogP contribution in [0.4, 0.5) is 0 Å². The normalized spacial score (nSPS) is 15.3. The molecule has 0 unspecified atom stereocenters. The van der Waals surface area contributed by atoms with Gasteiger partial charge in [0.2, 0.25) is 0 Å². The molecule has 1 aliphatic heterocycles. The van der Waals surface area contributed by atoms with Crippen LogP contribution in [0.2, 0.25) is 0 Å². The van der Waals surface area contributed by atoms with Crippen LogP contribution in [0.15, 0.2) is 59.5 Å². The molecule has 2 aromatic rings. The van der Waals surface area contributed by atoms with Gasteiger partial charge in [0.25, 0.3) is 5.91 Å². The molecule has 25 heavy (non-hydrogen) atoms. The highest BCUT2D eigenvalue weighted by atomic mass is 32.2. The van der Waals surface area contributed by atoms with Crippen LogP contribution < -0.4 is 0 Å². The minimum Gasteiger partial charge on any atom is -0.339 e. The monoisotopic (exact) mass is 353 g/mol. The van der Waals surface area contributed by atoms with Crippen molar-refractivity contribution in [1.29, 1.82) is 0 Å².